The zero-order valence-corrected chi connectivity index (χ0v) is 12.9. The van der Waals surface area contributed by atoms with E-state index in [1.807, 2.05) is 0 Å². The monoisotopic (exact) mass is 339 g/mol. The maximum atomic E-state index is 12.7. The van der Waals surface area contributed by atoms with Gasteiger partial charge in [0.1, 0.15) is 11.8 Å². The Kier molecular flexibility index (Phi) is 4.03. The van der Waals surface area contributed by atoms with Crippen molar-refractivity contribution in [1.82, 2.24) is 4.90 Å². The van der Waals surface area contributed by atoms with Crippen LogP contribution in [0.2, 0.25) is 0 Å². The molecular formula is C14H13NO7S. The van der Waals surface area contributed by atoms with Crippen molar-refractivity contribution in [3.05, 3.63) is 17.7 Å². The second-order valence-electron chi connectivity index (χ2n) is 4.92. The van der Waals surface area contributed by atoms with Crippen molar-refractivity contribution in [3.8, 4) is 17.2 Å². The second-order valence-corrected chi connectivity index (χ2v) is 5.92. The van der Waals surface area contributed by atoms with Crippen LogP contribution < -0.4 is 14.2 Å². The number of esters is 1. The van der Waals surface area contributed by atoms with Crippen LogP contribution in [0.3, 0.4) is 0 Å². The van der Waals surface area contributed by atoms with Crippen LogP contribution in [0.15, 0.2) is 12.1 Å². The minimum Gasteiger partial charge on any atom is -0.480 e. The number of fused-ring (bicyclic) bond motifs is 1. The molecule has 1 saturated heterocycles. The van der Waals surface area contributed by atoms with Gasteiger partial charge >= 0.3 is 11.9 Å². The number of hydrogen-bond acceptors (Lipinski definition) is 7. The number of carboxylic acid groups (broad SMARTS) is 1. The molecule has 1 aromatic rings. The van der Waals surface area contributed by atoms with Crippen molar-refractivity contribution < 1.29 is 33.7 Å². The summed E-state index contributed by atoms with van der Waals surface area (Å²) >= 11 is 1.35. The van der Waals surface area contributed by atoms with E-state index < -0.39 is 23.9 Å². The van der Waals surface area contributed by atoms with E-state index in [9.17, 15) is 19.5 Å². The highest BCUT2D eigenvalue weighted by Gasteiger charge is 2.37. The van der Waals surface area contributed by atoms with Crippen molar-refractivity contribution in [2.24, 2.45) is 0 Å². The van der Waals surface area contributed by atoms with Crippen molar-refractivity contribution in [2.75, 3.05) is 18.4 Å². The Morgan fingerprint density at radius 3 is 2.65 bits per heavy atom. The van der Waals surface area contributed by atoms with E-state index in [1.165, 1.54) is 35.7 Å². The van der Waals surface area contributed by atoms with Crippen LogP contribution in [0.4, 0.5) is 0 Å². The van der Waals surface area contributed by atoms with Crippen molar-refractivity contribution in [3.63, 3.8) is 0 Å². The number of benzene rings is 1. The molecule has 1 amide bonds. The molecule has 122 valence electrons. The minimum atomic E-state index is -1.07. The zero-order chi connectivity index (χ0) is 16.6. The minimum absolute atomic E-state index is 0.00378. The van der Waals surface area contributed by atoms with E-state index in [-0.39, 0.29) is 24.0 Å². The number of carbonyl (C=O) groups is 3. The molecule has 8 nitrogen and oxygen atoms in total. The lowest BCUT2D eigenvalue weighted by atomic mass is 10.1. The maximum Gasteiger partial charge on any atom is 0.327 e. The van der Waals surface area contributed by atoms with Gasteiger partial charge in [-0.1, -0.05) is 0 Å². The van der Waals surface area contributed by atoms with Gasteiger partial charge in [-0.25, -0.2) is 4.79 Å². The SMILES string of the molecule is CC(=O)Oc1cc2c(cc1C(=O)N1CSCC1C(=O)O)OCO2. The lowest BCUT2D eigenvalue weighted by Crippen LogP contribution is -2.41. The molecule has 2 aliphatic rings. The van der Waals surface area contributed by atoms with Crippen LogP contribution >= 0.6 is 11.8 Å². The van der Waals surface area contributed by atoms with Gasteiger partial charge in [-0.15, -0.1) is 11.8 Å². The van der Waals surface area contributed by atoms with Gasteiger partial charge in [-0.2, -0.15) is 0 Å². The summed E-state index contributed by atoms with van der Waals surface area (Å²) in [4.78, 5) is 36.5. The molecule has 2 aliphatic heterocycles. The van der Waals surface area contributed by atoms with Crippen molar-refractivity contribution in [2.45, 2.75) is 13.0 Å². The van der Waals surface area contributed by atoms with Gasteiger partial charge in [0, 0.05) is 24.8 Å². The zero-order valence-electron chi connectivity index (χ0n) is 12.1. The van der Waals surface area contributed by atoms with Crippen LogP contribution in [0, 0.1) is 0 Å². The first-order valence-electron chi connectivity index (χ1n) is 6.71. The number of aliphatic carboxylic acids is 1. The third-order valence-electron chi connectivity index (χ3n) is 3.39. The third-order valence-corrected chi connectivity index (χ3v) is 4.40. The number of carbonyl (C=O) groups excluding carboxylic acids is 2. The van der Waals surface area contributed by atoms with Crippen LogP contribution in [-0.4, -0.2) is 52.3 Å². The fraction of sp³-hybridized carbons (Fsp3) is 0.357. The molecule has 3 rings (SSSR count). The number of hydrogen-bond donors (Lipinski definition) is 1. The lowest BCUT2D eigenvalue weighted by molar-refractivity contribution is -0.141. The first-order chi connectivity index (χ1) is 11.0. The molecule has 2 heterocycles. The predicted octanol–water partition coefficient (Wildman–Crippen LogP) is 0.940. The van der Waals surface area contributed by atoms with Crippen molar-refractivity contribution >= 4 is 29.6 Å². The predicted molar refractivity (Wildman–Crippen MR) is 78.8 cm³/mol. The highest BCUT2D eigenvalue weighted by molar-refractivity contribution is 7.99. The number of carboxylic acids is 1. The number of nitrogens with zero attached hydrogens (tertiary/aromatic N) is 1. The third kappa shape index (κ3) is 2.91. The number of rotatable bonds is 3. The summed E-state index contributed by atoms with van der Waals surface area (Å²) in [7, 11) is 0. The first-order valence-corrected chi connectivity index (χ1v) is 7.86. The van der Waals surface area contributed by atoms with Crippen molar-refractivity contribution in [1.29, 1.82) is 0 Å². The molecule has 1 N–H and O–H groups in total. The number of ether oxygens (including phenoxy) is 3. The molecule has 0 aromatic heterocycles. The molecule has 0 saturated carbocycles. The quantitative estimate of drug-likeness (QED) is 0.641. The van der Waals surface area contributed by atoms with Gasteiger partial charge in [0.05, 0.1) is 11.4 Å². The molecule has 1 aromatic carbocycles. The standard InChI is InChI=1S/C14H13NO7S/c1-7(16)22-10-3-12-11(20-6-21-12)2-8(10)13(17)15-5-23-4-9(15)14(18)19/h2-3,9H,4-6H2,1H3,(H,18,19). The first kappa shape index (κ1) is 15.5. The summed E-state index contributed by atoms with van der Waals surface area (Å²) in [6.45, 7) is 1.22. The molecule has 9 heteroatoms. The summed E-state index contributed by atoms with van der Waals surface area (Å²) < 4.78 is 15.5. The number of amides is 1. The van der Waals surface area contributed by atoms with Crippen LogP contribution in [-0.2, 0) is 9.59 Å². The van der Waals surface area contributed by atoms with Crippen LogP contribution in [0.5, 0.6) is 17.2 Å². The largest absolute Gasteiger partial charge is 0.480 e. The average molecular weight is 339 g/mol. The topological polar surface area (TPSA) is 102 Å². The summed E-state index contributed by atoms with van der Waals surface area (Å²) in [6.07, 6.45) is 0. The summed E-state index contributed by atoms with van der Waals surface area (Å²) in [5, 5.41) is 9.21. The highest BCUT2D eigenvalue weighted by atomic mass is 32.2. The number of thioether (sulfide) groups is 1. The van der Waals surface area contributed by atoms with Gasteiger partial charge in [0.2, 0.25) is 6.79 Å². The Bertz CT molecular complexity index is 690. The summed E-state index contributed by atoms with van der Waals surface area (Å²) in [5.74, 6) is -0.893. The fourth-order valence-corrected chi connectivity index (χ4v) is 3.48. The smallest absolute Gasteiger partial charge is 0.327 e. The Morgan fingerprint density at radius 1 is 1.30 bits per heavy atom. The van der Waals surface area contributed by atoms with Gasteiger partial charge < -0.3 is 24.2 Å². The molecule has 0 radical (unpaired) electrons. The normalized spacial score (nSPS) is 18.8. The fourth-order valence-electron chi connectivity index (χ4n) is 2.33. The maximum absolute atomic E-state index is 12.7. The molecule has 0 bridgehead atoms. The Labute approximate surface area is 135 Å². The van der Waals surface area contributed by atoms with E-state index in [1.54, 1.807) is 0 Å². The Balaban J connectivity index is 1.98. The van der Waals surface area contributed by atoms with Gasteiger partial charge in [0.15, 0.2) is 11.5 Å². The molecule has 23 heavy (non-hydrogen) atoms. The molecule has 1 fully saturated rings. The molecule has 1 unspecified atom stereocenters. The van der Waals surface area contributed by atoms with E-state index in [4.69, 9.17) is 14.2 Å². The van der Waals surface area contributed by atoms with Gasteiger partial charge in [0.25, 0.3) is 5.91 Å². The van der Waals surface area contributed by atoms with E-state index in [0.717, 1.165) is 0 Å². The second kappa shape index (κ2) is 5.99. The average Bonchev–Trinajstić information content (AvgIpc) is 3.13. The molecule has 0 aliphatic carbocycles. The van der Waals surface area contributed by atoms with Crippen LogP contribution in [0.1, 0.15) is 17.3 Å². The molecular weight excluding hydrogens is 326 g/mol. The van der Waals surface area contributed by atoms with Gasteiger partial charge in [-0.05, 0) is 0 Å². The summed E-state index contributed by atoms with van der Waals surface area (Å²) in [5.41, 5.74) is 0.0678. The van der Waals surface area contributed by atoms with E-state index in [2.05, 4.69) is 0 Å². The summed E-state index contributed by atoms with van der Waals surface area (Å²) in [6, 6.07) is 1.89. The van der Waals surface area contributed by atoms with Crippen LogP contribution in [0.25, 0.3) is 0 Å². The molecule has 1 atom stereocenters. The highest BCUT2D eigenvalue weighted by Crippen LogP contribution is 2.39. The van der Waals surface area contributed by atoms with E-state index in [0.29, 0.717) is 17.3 Å². The lowest BCUT2D eigenvalue weighted by Gasteiger charge is -2.21. The Hall–Kier alpha value is -2.42. The molecule has 0 spiro atoms. The Morgan fingerprint density at radius 2 is 2.00 bits per heavy atom. The van der Waals surface area contributed by atoms with E-state index >= 15 is 0 Å². The van der Waals surface area contributed by atoms with Gasteiger partial charge in [-0.3, -0.25) is 9.59 Å².